The zero-order valence-corrected chi connectivity index (χ0v) is 10.1. The third-order valence-corrected chi connectivity index (χ3v) is 2.91. The van der Waals surface area contributed by atoms with E-state index in [0.717, 1.165) is 12.0 Å². The number of rotatable bonds is 4. The Kier molecular flexibility index (Phi) is 4.80. The number of halogens is 2. The van der Waals surface area contributed by atoms with E-state index in [1.807, 2.05) is 13.1 Å². The Balaban J connectivity index is 2.83. The fourth-order valence-electron chi connectivity index (χ4n) is 1.43. The maximum atomic E-state index is 13.3. The summed E-state index contributed by atoms with van der Waals surface area (Å²) in [4.78, 5) is 0. The molecule has 0 saturated heterocycles. The Morgan fingerprint density at radius 3 is 2.87 bits per heavy atom. The summed E-state index contributed by atoms with van der Waals surface area (Å²) >= 11 is 3.13. The number of benzene rings is 1. The standard InChI is InChI=1S/C12H13BrFN/c1-3-4-5-12(15-2)9-6-7-10(13)11(14)8-9/h1,6-8,12,15H,4-5H2,2H3. The highest BCUT2D eigenvalue weighted by Gasteiger charge is 2.10. The highest BCUT2D eigenvalue weighted by Crippen LogP contribution is 2.23. The van der Waals surface area contributed by atoms with Gasteiger partial charge in [-0.1, -0.05) is 6.07 Å². The first-order chi connectivity index (χ1) is 7.19. The number of terminal acetylenes is 1. The minimum Gasteiger partial charge on any atom is -0.313 e. The van der Waals surface area contributed by atoms with Gasteiger partial charge in [0.15, 0.2) is 0 Å². The first-order valence-corrected chi connectivity index (χ1v) is 5.54. The van der Waals surface area contributed by atoms with Crippen LogP contribution in [0.15, 0.2) is 22.7 Å². The summed E-state index contributed by atoms with van der Waals surface area (Å²) < 4.78 is 13.8. The fourth-order valence-corrected chi connectivity index (χ4v) is 1.68. The van der Waals surface area contributed by atoms with Gasteiger partial charge in [-0.25, -0.2) is 4.39 Å². The average Bonchev–Trinajstić information content (AvgIpc) is 2.24. The molecule has 1 aromatic rings. The number of nitrogens with one attached hydrogen (secondary N) is 1. The van der Waals surface area contributed by atoms with Crippen LogP contribution in [0.2, 0.25) is 0 Å². The quantitative estimate of drug-likeness (QED) is 0.828. The Morgan fingerprint density at radius 1 is 1.60 bits per heavy atom. The summed E-state index contributed by atoms with van der Waals surface area (Å²) in [7, 11) is 1.85. The minimum absolute atomic E-state index is 0.114. The van der Waals surface area contributed by atoms with Crippen molar-refractivity contribution in [1.82, 2.24) is 5.32 Å². The highest BCUT2D eigenvalue weighted by molar-refractivity contribution is 9.10. The second kappa shape index (κ2) is 5.89. The van der Waals surface area contributed by atoms with Gasteiger partial charge in [-0.05, 0) is 47.1 Å². The topological polar surface area (TPSA) is 12.0 Å². The van der Waals surface area contributed by atoms with Gasteiger partial charge in [0.25, 0.3) is 0 Å². The van der Waals surface area contributed by atoms with Crippen molar-refractivity contribution in [3.8, 4) is 12.3 Å². The molecule has 0 fully saturated rings. The van der Waals surface area contributed by atoms with E-state index in [2.05, 4.69) is 27.2 Å². The minimum atomic E-state index is -0.242. The molecular formula is C12H13BrFN. The van der Waals surface area contributed by atoms with Crippen molar-refractivity contribution in [3.63, 3.8) is 0 Å². The first kappa shape index (κ1) is 12.2. The van der Waals surface area contributed by atoms with E-state index < -0.39 is 0 Å². The predicted octanol–water partition coefficient (Wildman–Crippen LogP) is 3.26. The van der Waals surface area contributed by atoms with Crippen LogP contribution in [0, 0.1) is 18.2 Å². The molecule has 0 bridgehead atoms. The van der Waals surface area contributed by atoms with Crippen LogP contribution in [0.3, 0.4) is 0 Å². The van der Waals surface area contributed by atoms with E-state index >= 15 is 0 Å². The van der Waals surface area contributed by atoms with E-state index in [-0.39, 0.29) is 11.9 Å². The van der Waals surface area contributed by atoms with Gasteiger partial charge in [0.2, 0.25) is 0 Å². The molecule has 0 aliphatic carbocycles. The molecule has 1 nitrogen and oxygen atoms in total. The van der Waals surface area contributed by atoms with Crippen molar-refractivity contribution in [3.05, 3.63) is 34.1 Å². The van der Waals surface area contributed by atoms with Crippen LogP contribution in [-0.4, -0.2) is 7.05 Å². The monoisotopic (exact) mass is 269 g/mol. The van der Waals surface area contributed by atoms with E-state index in [9.17, 15) is 4.39 Å². The molecule has 0 spiro atoms. The molecule has 1 aromatic carbocycles. The Morgan fingerprint density at radius 2 is 2.33 bits per heavy atom. The lowest BCUT2D eigenvalue weighted by molar-refractivity contribution is 0.549. The smallest absolute Gasteiger partial charge is 0.137 e. The molecule has 1 unspecified atom stereocenters. The summed E-state index contributed by atoms with van der Waals surface area (Å²) in [6.45, 7) is 0. The van der Waals surface area contributed by atoms with Gasteiger partial charge in [-0.15, -0.1) is 12.3 Å². The molecule has 1 rings (SSSR count). The molecular weight excluding hydrogens is 257 g/mol. The van der Waals surface area contributed by atoms with Crippen LogP contribution in [0.5, 0.6) is 0 Å². The summed E-state index contributed by atoms with van der Waals surface area (Å²) in [6, 6.07) is 5.25. The molecule has 0 aliphatic rings. The van der Waals surface area contributed by atoms with Gasteiger partial charge in [0.1, 0.15) is 5.82 Å². The third kappa shape index (κ3) is 3.33. The lowest BCUT2D eigenvalue weighted by Crippen LogP contribution is -2.16. The molecule has 1 N–H and O–H groups in total. The summed E-state index contributed by atoms with van der Waals surface area (Å²) in [5, 5.41) is 3.12. The predicted molar refractivity (Wildman–Crippen MR) is 64.0 cm³/mol. The van der Waals surface area contributed by atoms with Gasteiger partial charge in [-0.3, -0.25) is 0 Å². The normalized spacial score (nSPS) is 12.1. The van der Waals surface area contributed by atoms with Gasteiger partial charge in [0, 0.05) is 12.5 Å². The van der Waals surface area contributed by atoms with Crippen molar-refractivity contribution in [2.24, 2.45) is 0 Å². The number of hydrogen-bond donors (Lipinski definition) is 1. The molecule has 0 aliphatic heterocycles. The lowest BCUT2D eigenvalue weighted by Gasteiger charge is -2.15. The van der Waals surface area contributed by atoms with Crippen LogP contribution >= 0.6 is 15.9 Å². The summed E-state index contributed by atoms with van der Waals surface area (Å²) in [5.41, 5.74) is 0.924. The highest BCUT2D eigenvalue weighted by atomic mass is 79.9. The maximum absolute atomic E-state index is 13.3. The van der Waals surface area contributed by atoms with Crippen LogP contribution < -0.4 is 5.32 Å². The zero-order valence-electron chi connectivity index (χ0n) is 8.56. The van der Waals surface area contributed by atoms with Crippen LogP contribution in [-0.2, 0) is 0 Å². The van der Waals surface area contributed by atoms with Gasteiger partial charge in [0.05, 0.1) is 4.47 Å². The van der Waals surface area contributed by atoms with Crippen molar-refractivity contribution in [2.45, 2.75) is 18.9 Å². The van der Waals surface area contributed by atoms with E-state index in [0.29, 0.717) is 10.9 Å². The second-order valence-electron chi connectivity index (χ2n) is 3.26. The van der Waals surface area contributed by atoms with Crippen molar-refractivity contribution in [1.29, 1.82) is 0 Å². The molecule has 80 valence electrons. The Hall–Kier alpha value is -0.850. The Bertz CT molecular complexity index is 370. The van der Waals surface area contributed by atoms with E-state index in [1.165, 1.54) is 6.07 Å². The summed E-state index contributed by atoms with van der Waals surface area (Å²) in [6.07, 6.45) is 6.70. The molecule has 0 saturated carbocycles. The average molecular weight is 270 g/mol. The molecule has 3 heteroatoms. The Labute approximate surface area is 98.2 Å². The van der Waals surface area contributed by atoms with Gasteiger partial charge < -0.3 is 5.32 Å². The molecule has 0 heterocycles. The molecule has 0 aromatic heterocycles. The molecule has 15 heavy (non-hydrogen) atoms. The van der Waals surface area contributed by atoms with Gasteiger partial charge in [-0.2, -0.15) is 0 Å². The van der Waals surface area contributed by atoms with Gasteiger partial charge >= 0.3 is 0 Å². The molecule has 1 atom stereocenters. The van der Waals surface area contributed by atoms with Crippen molar-refractivity contribution >= 4 is 15.9 Å². The SMILES string of the molecule is C#CCCC(NC)c1ccc(Br)c(F)c1. The van der Waals surface area contributed by atoms with Crippen molar-refractivity contribution < 1.29 is 4.39 Å². The fraction of sp³-hybridized carbons (Fsp3) is 0.333. The van der Waals surface area contributed by atoms with Crippen molar-refractivity contribution in [2.75, 3.05) is 7.05 Å². The number of hydrogen-bond acceptors (Lipinski definition) is 1. The van der Waals surface area contributed by atoms with Crippen LogP contribution in [0.25, 0.3) is 0 Å². The summed E-state index contributed by atoms with van der Waals surface area (Å²) in [5.74, 6) is 2.34. The lowest BCUT2D eigenvalue weighted by atomic mass is 10.0. The maximum Gasteiger partial charge on any atom is 0.137 e. The van der Waals surface area contributed by atoms with Crippen LogP contribution in [0.1, 0.15) is 24.4 Å². The largest absolute Gasteiger partial charge is 0.313 e. The first-order valence-electron chi connectivity index (χ1n) is 4.74. The van der Waals surface area contributed by atoms with E-state index in [1.54, 1.807) is 6.07 Å². The third-order valence-electron chi connectivity index (χ3n) is 2.27. The molecule has 0 amide bonds. The van der Waals surface area contributed by atoms with E-state index in [4.69, 9.17) is 6.42 Å². The molecule has 0 radical (unpaired) electrons. The van der Waals surface area contributed by atoms with Crippen LogP contribution in [0.4, 0.5) is 4.39 Å². The second-order valence-corrected chi connectivity index (χ2v) is 4.11. The zero-order chi connectivity index (χ0) is 11.3.